The molecule has 25 heavy (non-hydrogen) atoms. The second kappa shape index (κ2) is 10.1. The van der Waals surface area contributed by atoms with Gasteiger partial charge in [0.2, 0.25) is 0 Å². The Morgan fingerprint density at radius 2 is 2.20 bits per heavy atom. The SMILES string of the molecule is CNCC1CCCN(C(=O)c2cccc(-c3csc(C)n3)c2)C1.Cl.Cl. The van der Waals surface area contributed by atoms with Gasteiger partial charge in [0.15, 0.2) is 0 Å². The second-order valence-corrected chi connectivity index (χ2v) is 7.21. The molecule has 1 aliphatic rings. The summed E-state index contributed by atoms with van der Waals surface area (Å²) in [5.41, 5.74) is 2.73. The van der Waals surface area contributed by atoms with Crippen molar-refractivity contribution in [3.05, 3.63) is 40.2 Å². The number of nitrogens with one attached hydrogen (secondary N) is 1. The Hall–Kier alpha value is -1.14. The van der Waals surface area contributed by atoms with E-state index in [4.69, 9.17) is 0 Å². The van der Waals surface area contributed by atoms with E-state index < -0.39 is 0 Å². The zero-order valence-electron chi connectivity index (χ0n) is 14.5. The number of likely N-dealkylation sites (tertiary alicyclic amines) is 1. The number of aromatic nitrogens is 1. The Morgan fingerprint density at radius 1 is 1.40 bits per heavy atom. The third-order valence-corrected chi connectivity index (χ3v) is 5.10. The smallest absolute Gasteiger partial charge is 0.253 e. The number of piperidine rings is 1. The predicted molar refractivity (Wildman–Crippen MR) is 109 cm³/mol. The Balaban J connectivity index is 0.00000156. The number of hydrogen-bond donors (Lipinski definition) is 1. The largest absolute Gasteiger partial charge is 0.338 e. The van der Waals surface area contributed by atoms with Crippen LogP contribution in [0, 0.1) is 12.8 Å². The summed E-state index contributed by atoms with van der Waals surface area (Å²) in [4.78, 5) is 19.3. The summed E-state index contributed by atoms with van der Waals surface area (Å²) in [6, 6.07) is 7.85. The molecule has 1 aromatic heterocycles. The molecule has 1 unspecified atom stereocenters. The highest BCUT2D eigenvalue weighted by Gasteiger charge is 2.24. The average Bonchev–Trinajstić information content (AvgIpc) is 3.01. The van der Waals surface area contributed by atoms with Crippen LogP contribution in [0.1, 0.15) is 28.2 Å². The maximum Gasteiger partial charge on any atom is 0.253 e. The number of rotatable bonds is 4. The highest BCUT2D eigenvalue weighted by molar-refractivity contribution is 7.09. The van der Waals surface area contributed by atoms with Crippen molar-refractivity contribution in [2.24, 2.45) is 5.92 Å². The Morgan fingerprint density at radius 3 is 2.88 bits per heavy atom. The number of amides is 1. The molecular formula is C18H25Cl2N3OS. The van der Waals surface area contributed by atoms with Crippen molar-refractivity contribution in [1.82, 2.24) is 15.2 Å². The van der Waals surface area contributed by atoms with Gasteiger partial charge in [0.05, 0.1) is 10.7 Å². The minimum Gasteiger partial charge on any atom is -0.338 e. The van der Waals surface area contributed by atoms with E-state index in [0.717, 1.165) is 47.9 Å². The van der Waals surface area contributed by atoms with Crippen LogP contribution in [0.15, 0.2) is 29.6 Å². The van der Waals surface area contributed by atoms with E-state index in [0.29, 0.717) is 5.92 Å². The molecule has 0 saturated carbocycles. The molecule has 138 valence electrons. The first-order valence-corrected chi connectivity index (χ1v) is 9.02. The van der Waals surface area contributed by atoms with Crippen molar-refractivity contribution >= 4 is 42.1 Å². The van der Waals surface area contributed by atoms with Crippen LogP contribution in [-0.2, 0) is 0 Å². The Bertz CT molecular complexity index is 690. The molecule has 1 aliphatic heterocycles. The van der Waals surface area contributed by atoms with Gasteiger partial charge in [0, 0.05) is 29.6 Å². The van der Waals surface area contributed by atoms with Gasteiger partial charge in [-0.25, -0.2) is 4.98 Å². The zero-order valence-corrected chi connectivity index (χ0v) is 17.0. The number of thiazole rings is 1. The summed E-state index contributed by atoms with van der Waals surface area (Å²) in [5, 5.41) is 6.31. The fraction of sp³-hybridized carbons (Fsp3) is 0.444. The van der Waals surface area contributed by atoms with Gasteiger partial charge in [-0.1, -0.05) is 12.1 Å². The van der Waals surface area contributed by atoms with Gasteiger partial charge in [0.25, 0.3) is 5.91 Å². The van der Waals surface area contributed by atoms with Crippen molar-refractivity contribution in [2.45, 2.75) is 19.8 Å². The number of benzene rings is 1. The summed E-state index contributed by atoms with van der Waals surface area (Å²) in [6.45, 7) is 4.68. The lowest BCUT2D eigenvalue weighted by Crippen LogP contribution is -2.42. The van der Waals surface area contributed by atoms with E-state index in [-0.39, 0.29) is 30.7 Å². The van der Waals surface area contributed by atoms with Gasteiger partial charge in [-0.05, 0) is 51.4 Å². The lowest BCUT2D eigenvalue weighted by Gasteiger charge is -2.32. The van der Waals surface area contributed by atoms with Crippen LogP contribution in [0.4, 0.5) is 0 Å². The normalized spacial score (nSPS) is 16.7. The third kappa shape index (κ3) is 5.42. The first-order valence-electron chi connectivity index (χ1n) is 8.14. The maximum atomic E-state index is 12.8. The molecule has 1 amide bonds. The van der Waals surface area contributed by atoms with Gasteiger partial charge in [-0.15, -0.1) is 36.2 Å². The topological polar surface area (TPSA) is 45.2 Å². The van der Waals surface area contributed by atoms with Crippen LogP contribution in [-0.4, -0.2) is 42.5 Å². The minimum absolute atomic E-state index is 0. The van der Waals surface area contributed by atoms with E-state index in [1.165, 1.54) is 6.42 Å². The van der Waals surface area contributed by atoms with Crippen LogP contribution < -0.4 is 5.32 Å². The highest BCUT2D eigenvalue weighted by Crippen LogP contribution is 2.24. The van der Waals surface area contributed by atoms with Gasteiger partial charge in [-0.3, -0.25) is 4.79 Å². The molecule has 0 radical (unpaired) electrons. The number of nitrogens with zero attached hydrogens (tertiary/aromatic N) is 2. The molecule has 3 rings (SSSR count). The predicted octanol–water partition coefficient (Wildman–Crippen LogP) is 4.03. The molecule has 0 spiro atoms. The van der Waals surface area contributed by atoms with Crippen molar-refractivity contribution < 1.29 is 4.79 Å². The summed E-state index contributed by atoms with van der Waals surface area (Å²) in [7, 11) is 1.97. The maximum absolute atomic E-state index is 12.8. The number of carbonyl (C=O) groups excluding carboxylic acids is 1. The van der Waals surface area contributed by atoms with E-state index >= 15 is 0 Å². The monoisotopic (exact) mass is 401 g/mol. The number of halogens is 2. The van der Waals surface area contributed by atoms with Crippen molar-refractivity contribution in [3.63, 3.8) is 0 Å². The fourth-order valence-electron chi connectivity index (χ4n) is 3.19. The van der Waals surface area contributed by atoms with E-state index in [1.807, 2.05) is 48.5 Å². The Labute approximate surface area is 165 Å². The van der Waals surface area contributed by atoms with Crippen molar-refractivity contribution in [2.75, 3.05) is 26.7 Å². The summed E-state index contributed by atoms with van der Waals surface area (Å²) < 4.78 is 0. The standard InChI is InChI=1S/C18H23N3OS.2ClH/c1-13-20-17(12-23-13)15-6-3-7-16(9-15)18(22)21-8-4-5-14(11-21)10-19-2;;/h3,6-7,9,12,14,19H,4-5,8,10-11H2,1-2H3;2*1H. The number of carbonyl (C=O) groups is 1. The van der Waals surface area contributed by atoms with E-state index in [2.05, 4.69) is 10.3 Å². The number of hydrogen-bond acceptors (Lipinski definition) is 4. The van der Waals surface area contributed by atoms with Crippen molar-refractivity contribution in [1.29, 1.82) is 0 Å². The van der Waals surface area contributed by atoms with Crippen LogP contribution in [0.25, 0.3) is 11.3 Å². The van der Waals surface area contributed by atoms with Gasteiger partial charge >= 0.3 is 0 Å². The molecule has 0 aliphatic carbocycles. The molecule has 1 aromatic carbocycles. The first kappa shape index (κ1) is 21.9. The molecule has 4 nitrogen and oxygen atoms in total. The molecule has 1 atom stereocenters. The van der Waals surface area contributed by atoms with Crippen molar-refractivity contribution in [3.8, 4) is 11.3 Å². The zero-order chi connectivity index (χ0) is 16.2. The molecule has 2 heterocycles. The summed E-state index contributed by atoms with van der Waals surface area (Å²) >= 11 is 1.63. The Kier molecular flexibility index (Phi) is 8.86. The quantitative estimate of drug-likeness (QED) is 0.840. The molecule has 1 fully saturated rings. The molecule has 0 bridgehead atoms. The fourth-order valence-corrected chi connectivity index (χ4v) is 3.82. The average molecular weight is 402 g/mol. The highest BCUT2D eigenvalue weighted by atomic mass is 35.5. The molecule has 1 saturated heterocycles. The third-order valence-electron chi connectivity index (χ3n) is 4.32. The second-order valence-electron chi connectivity index (χ2n) is 6.15. The summed E-state index contributed by atoms with van der Waals surface area (Å²) in [5.74, 6) is 0.696. The van der Waals surface area contributed by atoms with Gasteiger partial charge in [0.1, 0.15) is 0 Å². The minimum atomic E-state index is 0. The lowest BCUT2D eigenvalue weighted by atomic mass is 9.97. The molecule has 7 heteroatoms. The number of aryl methyl sites for hydroxylation is 1. The lowest BCUT2D eigenvalue weighted by molar-refractivity contribution is 0.0674. The summed E-state index contributed by atoms with van der Waals surface area (Å²) in [6.07, 6.45) is 2.28. The van der Waals surface area contributed by atoms with Crippen LogP contribution in [0.5, 0.6) is 0 Å². The van der Waals surface area contributed by atoms with Crippen LogP contribution in [0.2, 0.25) is 0 Å². The first-order chi connectivity index (χ1) is 11.2. The molecule has 1 N–H and O–H groups in total. The van der Waals surface area contributed by atoms with Gasteiger partial charge in [-0.2, -0.15) is 0 Å². The van der Waals surface area contributed by atoms with Gasteiger partial charge < -0.3 is 10.2 Å². The van der Waals surface area contributed by atoms with Crippen LogP contribution >= 0.6 is 36.2 Å². The van der Waals surface area contributed by atoms with E-state index in [1.54, 1.807) is 11.3 Å². The molecular weight excluding hydrogens is 377 g/mol. The molecule has 2 aromatic rings. The van der Waals surface area contributed by atoms with E-state index in [9.17, 15) is 4.79 Å². The van der Waals surface area contributed by atoms with Crippen LogP contribution in [0.3, 0.4) is 0 Å².